The van der Waals surface area contributed by atoms with E-state index < -0.39 is 11.7 Å². The van der Waals surface area contributed by atoms with Crippen molar-refractivity contribution in [3.05, 3.63) is 65.8 Å². The van der Waals surface area contributed by atoms with E-state index in [9.17, 15) is 14.3 Å². The number of allylic oxidation sites excluding steroid dienone is 1. The van der Waals surface area contributed by atoms with Gasteiger partial charge in [0.1, 0.15) is 28.5 Å². The molecular weight excluding hydrogens is 311 g/mol. The molecule has 1 amide bonds. The fourth-order valence-electron chi connectivity index (χ4n) is 2.88. The van der Waals surface area contributed by atoms with Gasteiger partial charge < -0.3 is 14.8 Å². The predicted octanol–water partition coefficient (Wildman–Crippen LogP) is 2.72. The van der Waals surface area contributed by atoms with Gasteiger partial charge in [-0.2, -0.15) is 0 Å². The molecule has 0 aliphatic heterocycles. The summed E-state index contributed by atoms with van der Waals surface area (Å²) in [5.74, 6) is -0.873. The molecule has 3 heterocycles. The number of aliphatic hydroxyl groups excluding tert-OH is 1. The maximum absolute atomic E-state index is 13.4. The zero-order valence-corrected chi connectivity index (χ0v) is 12.5. The minimum absolute atomic E-state index is 0.0158. The number of nitrogens with one attached hydrogen (secondary N) is 1. The standard InChI is InChI=1S/C17H13FN4O2/c18-10-5-8-22-12-1-2-13(23)15(16(12)21-14(22)9-10)17(24)20-11-3-6-19-7-4-11/h3-9,23H,1-2H2,(H,19,20,24). The third kappa shape index (κ3) is 2.30. The number of hydrogen-bond acceptors (Lipinski definition) is 4. The summed E-state index contributed by atoms with van der Waals surface area (Å²) < 4.78 is 15.2. The average Bonchev–Trinajstić information content (AvgIpc) is 2.92. The molecule has 4 rings (SSSR count). The van der Waals surface area contributed by atoms with Crippen molar-refractivity contribution in [1.29, 1.82) is 0 Å². The normalized spacial score (nSPS) is 13.9. The molecule has 7 heteroatoms. The molecule has 0 aromatic carbocycles. The molecule has 0 bridgehead atoms. The van der Waals surface area contributed by atoms with Crippen LogP contribution in [-0.2, 0) is 11.2 Å². The van der Waals surface area contributed by atoms with Crippen LogP contribution in [-0.4, -0.2) is 25.4 Å². The summed E-state index contributed by atoms with van der Waals surface area (Å²) in [6, 6.07) is 5.94. The van der Waals surface area contributed by atoms with Crippen LogP contribution in [0.1, 0.15) is 17.8 Å². The number of nitrogens with zero attached hydrogens (tertiary/aromatic N) is 3. The molecule has 6 nitrogen and oxygen atoms in total. The van der Waals surface area contributed by atoms with E-state index in [0.717, 1.165) is 5.69 Å². The summed E-state index contributed by atoms with van der Waals surface area (Å²) in [6.07, 6.45) is 5.56. The van der Waals surface area contributed by atoms with E-state index in [-0.39, 0.29) is 11.3 Å². The van der Waals surface area contributed by atoms with Crippen molar-refractivity contribution in [2.24, 2.45) is 0 Å². The Morgan fingerprint density at radius 2 is 2.04 bits per heavy atom. The number of halogens is 1. The van der Waals surface area contributed by atoms with Gasteiger partial charge in [0.15, 0.2) is 0 Å². The van der Waals surface area contributed by atoms with E-state index in [0.29, 0.717) is 29.9 Å². The van der Waals surface area contributed by atoms with Crippen molar-refractivity contribution in [2.45, 2.75) is 12.8 Å². The van der Waals surface area contributed by atoms with Crippen LogP contribution in [0.4, 0.5) is 10.1 Å². The van der Waals surface area contributed by atoms with Gasteiger partial charge >= 0.3 is 0 Å². The number of fused-ring (bicyclic) bond motifs is 3. The first kappa shape index (κ1) is 14.4. The summed E-state index contributed by atoms with van der Waals surface area (Å²) in [4.78, 5) is 20.8. The molecule has 0 saturated carbocycles. The molecule has 0 unspecified atom stereocenters. The van der Waals surface area contributed by atoms with Crippen molar-refractivity contribution in [2.75, 3.05) is 5.32 Å². The van der Waals surface area contributed by atoms with Gasteiger partial charge in [0.25, 0.3) is 5.91 Å². The van der Waals surface area contributed by atoms with Crippen LogP contribution < -0.4 is 5.32 Å². The highest BCUT2D eigenvalue weighted by molar-refractivity contribution is 6.25. The van der Waals surface area contributed by atoms with Crippen molar-refractivity contribution < 1.29 is 14.3 Å². The second kappa shape index (κ2) is 5.45. The number of anilines is 1. The lowest BCUT2D eigenvalue weighted by Crippen LogP contribution is -2.19. The summed E-state index contributed by atoms with van der Waals surface area (Å²) in [5.41, 5.74) is 2.26. The van der Waals surface area contributed by atoms with Gasteiger partial charge in [0, 0.05) is 36.8 Å². The highest BCUT2D eigenvalue weighted by Crippen LogP contribution is 2.31. The number of pyridine rings is 2. The van der Waals surface area contributed by atoms with Gasteiger partial charge in [0.2, 0.25) is 0 Å². The molecular formula is C17H13FN4O2. The molecule has 120 valence electrons. The van der Waals surface area contributed by atoms with Gasteiger partial charge in [-0.15, -0.1) is 0 Å². The molecule has 2 N–H and O–H groups in total. The van der Waals surface area contributed by atoms with E-state index in [1.54, 1.807) is 35.1 Å². The third-order valence-corrected chi connectivity index (χ3v) is 3.98. The lowest BCUT2D eigenvalue weighted by molar-refractivity contribution is -0.111. The number of amides is 1. The Morgan fingerprint density at radius 1 is 1.25 bits per heavy atom. The molecule has 3 aromatic rings. The molecule has 0 atom stereocenters. The summed E-state index contributed by atoms with van der Waals surface area (Å²) in [7, 11) is 0. The summed E-state index contributed by atoms with van der Waals surface area (Å²) in [6.45, 7) is 0. The highest BCUT2D eigenvalue weighted by atomic mass is 19.1. The molecule has 3 aromatic heterocycles. The van der Waals surface area contributed by atoms with Gasteiger partial charge in [-0.3, -0.25) is 9.78 Å². The summed E-state index contributed by atoms with van der Waals surface area (Å²) in [5, 5.41) is 12.9. The Kier molecular flexibility index (Phi) is 3.26. The quantitative estimate of drug-likeness (QED) is 0.759. The van der Waals surface area contributed by atoms with Crippen LogP contribution in [0.3, 0.4) is 0 Å². The van der Waals surface area contributed by atoms with Gasteiger partial charge in [-0.1, -0.05) is 0 Å². The molecule has 0 radical (unpaired) electrons. The smallest absolute Gasteiger partial charge is 0.261 e. The van der Waals surface area contributed by atoms with Gasteiger partial charge in [-0.05, 0) is 24.6 Å². The van der Waals surface area contributed by atoms with E-state index in [1.807, 2.05) is 0 Å². The molecule has 0 fully saturated rings. The number of carbonyl (C=O) groups is 1. The second-order valence-electron chi connectivity index (χ2n) is 5.49. The molecule has 0 spiro atoms. The minimum Gasteiger partial charge on any atom is -0.511 e. The van der Waals surface area contributed by atoms with Crippen molar-refractivity contribution in [1.82, 2.24) is 14.4 Å². The monoisotopic (exact) mass is 324 g/mol. The van der Waals surface area contributed by atoms with Crippen LogP contribution in [0, 0.1) is 5.82 Å². The van der Waals surface area contributed by atoms with Gasteiger partial charge in [0.05, 0.1) is 5.69 Å². The van der Waals surface area contributed by atoms with Crippen molar-refractivity contribution >= 4 is 22.8 Å². The fourth-order valence-corrected chi connectivity index (χ4v) is 2.88. The van der Waals surface area contributed by atoms with E-state index >= 15 is 0 Å². The maximum atomic E-state index is 13.4. The maximum Gasteiger partial charge on any atom is 0.261 e. The Labute approximate surface area is 136 Å². The second-order valence-corrected chi connectivity index (χ2v) is 5.49. The minimum atomic E-state index is -0.455. The largest absolute Gasteiger partial charge is 0.511 e. The number of carbonyl (C=O) groups excluding carboxylic acids is 1. The van der Waals surface area contributed by atoms with Crippen LogP contribution in [0.5, 0.6) is 0 Å². The fraction of sp³-hybridized carbons (Fsp3) is 0.118. The summed E-state index contributed by atoms with van der Waals surface area (Å²) >= 11 is 0. The first-order valence-corrected chi connectivity index (χ1v) is 7.44. The Bertz CT molecular complexity index is 979. The number of aryl methyl sites for hydroxylation is 1. The first-order valence-electron chi connectivity index (χ1n) is 7.44. The Balaban J connectivity index is 1.78. The lowest BCUT2D eigenvalue weighted by Gasteiger charge is -2.16. The molecule has 1 aliphatic rings. The number of aromatic nitrogens is 3. The zero-order chi connectivity index (χ0) is 16.7. The van der Waals surface area contributed by atoms with Crippen LogP contribution in [0.2, 0.25) is 0 Å². The Hall–Kier alpha value is -3.22. The van der Waals surface area contributed by atoms with Crippen LogP contribution in [0.25, 0.3) is 11.2 Å². The van der Waals surface area contributed by atoms with Crippen molar-refractivity contribution in [3.8, 4) is 0 Å². The predicted molar refractivity (Wildman–Crippen MR) is 85.9 cm³/mol. The molecule has 24 heavy (non-hydrogen) atoms. The molecule has 1 aliphatic carbocycles. The van der Waals surface area contributed by atoms with E-state index in [2.05, 4.69) is 15.3 Å². The Morgan fingerprint density at radius 3 is 2.83 bits per heavy atom. The van der Waals surface area contributed by atoms with Crippen LogP contribution >= 0.6 is 0 Å². The third-order valence-electron chi connectivity index (χ3n) is 3.98. The van der Waals surface area contributed by atoms with E-state index in [4.69, 9.17) is 0 Å². The molecule has 0 saturated heterocycles. The number of hydrogen-bond donors (Lipinski definition) is 2. The van der Waals surface area contributed by atoms with Crippen molar-refractivity contribution in [3.63, 3.8) is 0 Å². The van der Waals surface area contributed by atoms with Gasteiger partial charge in [-0.25, -0.2) is 9.37 Å². The van der Waals surface area contributed by atoms with E-state index in [1.165, 1.54) is 12.1 Å². The number of aliphatic hydroxyl groups is 1. The average molecular weight is 324 g/mol. The first-order chi connectivity index (χ1) is 11.6. The lowest BCUT2D eigenvalue weighted by atomic mass is 9.97. The zero-order valence-electron chi connectivity index (χ0n) is 12.5. The number of rotatable bonds is 2. The highest BCUT2D eigenvalue weighted by Gasteiger charge is 2.29. The number of imidazole rings is 1. The topological polar surface area (TPSA) is 79.5 Å². The SMILES string of the molecule is O=C(Nc1ccncc1)C1=C(O)CCc2c1nc1cc(F)ccn21. The van der Waals surface area contributed by atoms with Crippen LogP contribution in [0.15, 0.2) is 48.6 Å².